The molecule has 0 saturated carbocycles. The quantitative estimate of drug-likeness (QED) is 0.757. The number of nitrogens with zero attached hydrogens (tertiary/aromatic N) is 2. The van der Waals surface area contributed by atoms with Gasteiger partial charge in [0.15, 0.2) is 0 Å². The summed E-state index contributed by atoms with van der Waals surface area (Å²) in [6, 6.07) is 0.0380. The molecule has 0 radical (unpaired) electrons. The fourth-order valence-electron chi connectivity index (χ4n) is 2.36. The van der Waals surface area contributed by atoms with Gasteiger partial charge in [-0.05, 0) is 27.7 Å². The van der Waals surface area contributed by atoms with E-state index in [1.807, 2.05) is 0 Å². The third-order valence-electron chi connectivity index (χ3n) is 4.30. The van der Waals surface area contributed by atoms with Gasteiger partial charge >= 0.3 is 6.03 Å². The minimum absolute atomic E-state index is 0.0380. The van der Waals surface area contributed by atoms with Crippen LogP contribution in [0.4, 0.5) is 4.79 Å². The second-order valence-electron chi connectivity index (χ2n) is 6.79. The van der Waals surface area contributed by atoms with Crippen molar-refractivity contribution in [3.8, 4) is 0 Å². The van der Waals surface area contributed by atoms with Crippen molar-refractivity contribution in [1.82, 2.24) is 9.80 Å². The van der Waals surface area contributed by atoms with Crippen molar-refractivity contribution < 1.29 is 15.0 Å². The summed E-state index contributed by atoms with van der Waals surface area (Å²) in [6.45, 7) is 9.66. The number of hydrogen-bond acceptors (Lipinski definition) is 3. The number of rotatable bonds is 2. The molecular formula is C13H24N2O3. The van der Waals surface area contributed by atoms with Gasteiger partial charge in [-0.15, -0.1) is 0 Å². The van der Waals surface area contributed by atoms with E-state index >= 15 is 0 Å². The van der Waals surface area contributed by atoms with E-state index in [-0.39, 0.29) is 17.9 Å². The molecule has 0 aliphatic carbocycles. The SMILES string of the molecule is CC(C)(O)C1CN(C(=O)N2CC(C(C)(C)O)C2)C1. The summed E-state index contributed by atoms with van der Waals surface area (Å²) < 4.78 is 0. The van der Waals surface area contributed by atoms with Gasteiger partial charge in [-0.1, -0.05) is 0 Å². The van der Waals surface area contributed by atoms with Crippen LogP contribution in [0.25, 0.3) is 0 Å². The first-order chi connectivity index (χ1) is 8.09. The van der Waals surface area contributed by atoms with Gasteiger partial charge < -0.3 is 20.0 Å². The topological polar surface area (TPSA) is 64.0 Å². The highest BCUT2D eigenvalue weighted by atomic mass is 16.3. The van der Waals surface area contributed by atoms with Crippen LogP contribution in [-0.4, -0.2) is 63.4 Å². The van der Waals surface area contributed by atoms with Crippen LogP contribution in [0.3, 0.4) is 0 Å². The van der Waals surface area contributed by atoms with Gasteiger partial charge in [0.25, 0.3) is 0 Å². The minimum Gasteiger partial charge on any atom is -0.390 e. The number of urea groups is 1. The minimum atomic E-state index is -0.707. The van der Waals surface area contributed by atoms with E-state index in [1.54, 1.807) is 37.5 Å². The number of likely N-dealkylation sites (tertiary alicyclic amines) is 2. The fraction of sp³-hybridized carbons (Fsp3) is 0.923. The molecule has 0 aromatic heterocycles. The lowest BCUT2D eigenvalue weighted by atomic mass is 9.83. The molecule has 5 nitrogen and oxygen atoms in total. The van der Waals surface area contributed by atoms with Crippen molar-refractivity contribution in [2.75, 3.05) is 26.2 Å². The molecule has 2 heterocycles. The molecule has 2 rings (SSSR count). The zero-order valence-electron chi connectivity index (χ0n) is 11.7. The summed E-state index contributed by atoms with van der Waals surface area (Å²) in [5.74, 6) is 0.348. The Morgan fingerprint density at radius 2 is 1.17 bits per heavy atom. The van der Waals surface area contributed by atoms with Crippen LogP contribution < -0.4 is 0 Å². The number of hydrogen-bond donors (Lipinski definition) is 2. The average molecular weight is 256 g/mol. The fourth-order valence-corrected chi connectivity index (χ4v) is 2.36. The number of carbonyl (C=O) groups is 1. The summed E-state index contributed by atoms with van der Waals surface area (Å²) in [4.78, 5) is 15.6. The van der Waals surface area contributed by atoms with Crippen LogP contribution in [-0.2, 0) is 0 Å². The highest BCUT2D eigenvalue weighted by Crippen LogP contribution is 2.31. The number of aliphatic hydroxyl groups is 2. The van der Waals surface area contributed by atoms with Gasteiger partial charge in [0.2, 0.25) is 0 Å². The normalized spacial score (nSPS) is 22.8. The van der Waals surface area contributed by atoms with Crippen LogP contribution in [0, 0.1) is 11.8 Å². The van der Waals surface area contributed by atoms with Crippen LogP contribution >= 0.6 is 0 Å². The first-order valence-corrected chi connectivity index (χ1v) is 6.57. The molecular weight excluding hydrogens is 232 g/mol. The summed E-state index contributed by atoms with van der Waals surface area (Å²) >= 11 is 0. The highest BCUT2D eigenvalue weighted by Gasteiger charge is 2.45. The maximum atomic E-state index is 12.0. The summed E-state index contributed by atoms with van der Waals surface area (Å²) in [5.41, 5.74) is -1.41. The Balaban J connectivity index is 1.76. The molecule has 0 bridgehead atoms. The van der Waals surface area contributed by atoms with E-state index < -0.39 is 11.2 Å². The van der Waals surface area contributed by atoms with Gasteiger partial charge in [0.1, 0.15) is 0 Å². The Morgan fingerprint density at radius 3 is 1.39 bits per heavy atom. The van der Waals surface area contributed by atoms with Crippen LogP contribution in [0.1, 0.15) is 27.7 Å². The van der Waals surface area contributed by atoms with Gasteiger partial charge in [-0.25, -0.2) is 4.79 Å². The molecule has 2 aliphatic rings. The lowest BCUT2D eigenvalue weighted by molar-refractivity contribution is -0.0724. The van der Waals surface area contributed by atoms with E-state index in [1.165, 1.54) is 0 Å². The Labute approximate surface area is 108 Å². The Bertz CT molecular complexity index is 299. The van der Waals surface area contributed by atoms with Gasteiger partial charge in [0.05, 0.1) is 11.2 Å². The predicted octanol–water partition coefficient (Wildman–Crippen LogP) is 0.512. The molecule has 0 aromatic rings. The zero-order chi connectivity index (χ0) is 13.7. The average Bonchev–Trinajstić information content (AvgIpc) is 1.90. The first-order valence-electron chi connectivity index (χ1n) is 6.57. The standard InChI is InChI=1S/C13H24N2O3/c1-12(2,17)9-5-14(6-9)11(16)15-7-10(8-15)13(3,4)18/h9-10,17-18H,5-8H2,1-4H3. The van der Waals surface area contributed by atoms with Gasteiger partial charge in [-0.2, -0.15) is 0 Å². The molecule has 5 heteroatoms. The van der Waals surface area contributed by atoms with E-state index in [2.05, 4.69) is 0 Å². The van der Waals surface area contributed by atoms with Gasteiger partial charge in [0, 0.05) is 38.0 Å². The van der Waals surface area contributed by atoms with E-state index in [0.29, 0.717) is 26.2 Å². The second-order valence-corrected chi connectivity index (χ2v) is 6.79. The Morgan fingerprint density at radius 1 is 0.889 bits per heavy atom. The lowest BCUT2D eigenvalue weighted by Gasteiger charge is -2.51. The smallest absolute Gasteiger partial charge is 0.320 e. The first kappa shape index (κ1) is 13.6. The number of amides is 2. The van der Waals surface area contributed by atoms with Crippen molar-refractivity contribution in [3.05, 3.63) is 0 Å². The highest BCUT2D eigenvalue weighted by molar-refractivity contribution is 5.76. The van der Waals surface area contributed by atoms with Crippen molar-refractivity contribution in [1.29, 1.82) is 0 Å². The van der Waals surface area contributed by atoms with Gasteiger partial charge in [-0.3, -0.25) is 0 Å². The third kappa shape index (κ3) is 2.47. The summed E-state index contributed by atoms with van der Waals surface area (Å²) in [5, 5.41) is 19.6. The van der Waals surface area contributed by atoms with Crippen LogP contribution in [0.15, 0.2) is 0 Å². The molecule has 104 valence electrons. The monoisotopic (exact) mass is 256 g/mol. The molecule has 2 amide bonds. The Hall–Kier alpha value is -0.810. The lowest BCUT2D eigenvalue weighted by Crippen LogP contribution is -2.65. The van der Waals surface area contributed by atoms with Crippen LogP contribution in [0.5, 0.6) is 0 Å². The summed E-state index contributed by atoms with van der Waals surface area (Å²) in [7, 11) is 0. The molecule has 0 atom stereocenters. The third-order valence-corrected chi connectivity index (χ3v) is 4.30. The molecule has 2 saturated heterocycles. The van der Waals surface area contributed by atoms with Crippen molar-refractivity contribution >= 4 is 6.03 Å². The summed E-state index contributed by atoms with van der Waals surface area (Å²) in [6.07, 6.45) is 0. The second kappa shape index (κ2) is 4.10. The molecule has 18 heavy (non-hydrogen) atoms. The molecule has 0 spiro atoms. The Kier molecular flexibility index (Phi) is 3.10. The van der Waals surface area contributed by atoms with E-state index in [9.17, 15) is 15.0 Å². The van der Waals surface area contributed by atoms with Crippen molar-refractivity contribution in [2.45, 2.75) is 38.9 Å². The van der Waals surface area contributed by atoms with E-state index in [4.69, 9.17) is 0 Å². The van der Waals surface area contributed by atoms with Crippen LogP contribution in [0.2, 0.25) is 0 Å². The molecule has 2 aliphatic heterocycles. The van der Waals surface area contributed by atoms with E-state index in [0.717, 1.165) is 0 Å². The maximum Gasteiger partial charge on any atom is 0.320 e. The molecule has 0 aromatic carbocycles. The molecule has 2 N–H and O–H groups in total. The maximum absolute atomic E-state index is 12.0. The predicted molar refractivity (Wildman–Crippen MR) is 68.1 cm³/mol. The molecule has 0 unspecified atom stereocenters. The molecule has 2 fully saturated rings. The largest absolute Gasteiger partial charge is 0.390 e. The number of carbonyl (C=O) groups excluding carboxylic acids is 1. The zero-order valence-corrected chi connectivity index (χ0v) is 11.7. The van der Waals surface area contributed by atoms with Crippen molar-refractivity contribution in [2.24, 2.45) is 11.8 Å². The van der Waals surface area contributed by atoms with Crippen molar-refractivity contribution in [3.63, 3.8) is 0 Å².